The molecule has 0 fully saturated rings. The highest BCUT2D eigenvalue weighted by Crippen LogP contribution is 2.25. The molecule has 0 atom stereocenters. The monoisotopic (exact) mass is 517 g/mol. The first-order valence-electron chi connectivity index (χ1n) is 15.8. The first kappa shape index (κ1) is 40.5. The highest BCUT2D eigenvalue weighted by molar-refractivity contribution is 5.31. The van der Waals surface area contributed by atoms with Crippen molar-refractivity contribution in [2.24, 2.45) is 35.5 Å². The van der Waals surface area contributed by atoms with Crippen LogP contribution in [0.1, 0.15) is 166 Å². The Kier molecular flexibility index (Phi) is 27.6. The fourth-order valence-electron chi connectivity index (χ4n) is 3.61. The Hall–Kier alpha value is -1.04. The molecular weight excluding hydrogens is 444 g/mol. The van der Waals surface area contributed by atoms with E-state index in [2.05, 4.69) is 147 Å². The molecule has 0 aromatic heterocycles. The molecule has 0 bridgehead atoms. The predicted molar refractivity (Wildman–Crippen MR) is 176 cm³/mol. The van der Waals surface area contributed by atoms with E-state index in [1.807, 2.05) is 0 Å². The van der Waals surface area contributed by atoms with Gasteiger partial charge in [0.2, 0.25) is 0 Å². The van der Waals surface area contributed by atoms with Crippen molar-refractivity contribution < 1.29 is 0 Å². The molecule has 1 rings (SSSR count). The number of rotatable bonds is 11. The summed E-state index contributed by atoms with van der Waals surface area (Å²) in [6.07, 6.45) is 11.5. The second kappa shape index (κ2) is 25.2. The van der Waals surface area contributed by atoms with E-state index in [1.54, 1.807) is 0 Å². The van der Waals surface area contributed by atoms with Crippen LogP contribution in [0, 0.1) is 35.5 Å². The fraction of sp³-hybridized carbons (Fsp3) is 0.784. The second-order valence-corrected chi connectivity index (χ2v) is 13.9. The van der Waals surface area contributed by atoms with E-state index in [0.29, 0.717) is 23.7 Å². The van der Waals surface area contributed by atoms with E-state index in [-0.39, 0.29) is 0 Å². The molecule has 0 heteroatoms. The van der Waals surface area contributed by atoms with Crippen molar-refractivity contribution in [2.45, 2.75) is 155 Å². The molecule has 220 valence electrons. The summed E-state index contributed by atoms with van der Waals surface area (Å²) in [7, 11) is 0. The summed E-state index contributed by atoms with van der Waals surface area (Å²) in [6, 6.07) is 8.72. The van der Waals surface area contributed by atoms with E-state index in [0.717, 1.165) is 23.7 Å². The number of hydrogen-bond donors (Lipinski definition) is 0. The highest BCUT2D eigenvalue weighted by Gasteiger charge is 2.07. The Balaban J connectivity index is -0.000000424. The zero-order valence-electron chi connectivity index (χ0n) is 28.6. The summed E-state index contributed by atoms with van der Waals surface area (Å²) in [5.41, 5.74) is 2.99. The summed E-state index contributed by atoms with van der Waals surface area (Å²) < 4.78 is 0. The van der Waals surface area contributed by atoms with Crippen molar-refractivity contribution in [1.82, 2.24) is 0 Å². The minimum Gasteiger partial charge on any atom is -0.0857 e. The Bertz CT molecular complexity index is 558. The standard InChI is InChI=1S/C12H18.C9H20.C8H18.C8H16/c1-9(2)11-7-5-6-8-12(11)10(3)4;1-8(2)6-5-7-9(3)4;2*1-7(2)5-6-8(3)4/h5-10H,1-4H3;8-9H,5-7H2,1-4H3;7-8H,5-6H2,1-4H3;5-8H,1-4H3/b;;;6-5-. The molecule has 0 aliphatic heterocycles. The van der Waals surface area contributed by atoms with Gasteiger partial charge in [-0.05, 0) is 58.5 Å². The van der Waals surface area contributed by atoms with Gasteiger partial charge in [0.25, 0.3) is 0 Å². The van der Waals surface area contributed by atoms with Crippen molar-refractivity contribution >= 4 is 0 Å². The van der Waals surface area contributed by atoms with E-state index in [1.165, 1.54) is 43.2 Å². The molecule has 0 amide bonds. The highest BCUT2D eigenvalue weighted by atomic mass is 14.1. The van der Waals surface area contributed by atoms with Crippen LogP contribution in [0.2, 0.25) is 0 Å². The summed E-state index contributed by atoms with van der Waals surface area (Å²) in [4.78, 5) is 0. The molecule has 0 saturated heterocycles. The van der Waals surface area contributed by atoms with Crippen LogP contribution in [-0.2, 0) is 0 Å². The third-order valence-corrected chi connectivity index (χ3v) is 6.01. The normalized spacial score (nSPS) is 11.5. The van der Waals surface area contributed by atoms with Crippen LogP contribution >= 0.6 is 0 Å². The summed E-state index contributed by atoms with van der Waals surface area (Å²) in [5, 5.41) is 0. The maximum absolute atomic E-state index is 2.29. The molecule has 1 aromatic rings. The lowest BCUT2D eigenvalue weighted by molar-refractivity contribution is 0.476. The molecule has 0 N–H and O–H groups in total. The summed E-state index contributed by atoms with van der Waals surface area (Å²) in [6.45, 7) is 36.1. The topological polar surface area (TPSA) is 0 Å². The zero-order chi connectivity index (χ0) is 29.6. The molecule has 0 spiro atoms. The molecule has 0 aliphatic rings. The molecule has 0 nitrogen and oxygen atoms in total. The fourth-order valence-corrected chi connectivity index (χ4v) is 3.61. The van der Waals surface area contributed by atoms with E-state index < -0.39 is 0 Å². The third-order valence-electron chi connectivity index (χ3n) is 6.01. The van der Waals surface area contributed by atoms with Gasteiger partial charge in [0, 0.05) is 0 Å². The van der Waals surface area contributed by atoms with Crippen molar-refractivity contribution in [2.75, 3.05) is 0 Å². The van der Waals surface area contributed by atoms with E-state index in [9.17, 15) is 0 Å². The Morgan fingerprint density at radius 3 is 0.892 bits per heavy atom. The van der Waals surface area contributed by atoms with Crippen LogP contribution < -0.4 is 0 Å². The number of hydrogen-bond acceptors (Lipinski definition) is 0. The minimum atomic E-state index is 0.642. The Morgan fingerprint density at radius 2 is 0.703 bits per heavy atom. The number of benzene rings is 1. The molecule has 1 aromatic carbocycles. The van der Waals surface area contributed by atoms with Gasteiger partial charge in [0.1, 0.15) is 0 Å². The van der Waals surface area contributed by atoms with Crippen LogP contribution in [0.3, 0.4) is 0 Å². The second-order valence-electron chi connectivity index (χ2n) is 13.9. The van der Waals surface area contributed by atoms with Crippen molar-refractivity contribution in [1.29, 1.82) is 0 Å². The minimum absolute atomic E-state index is 0.642. The van der Waals surface area contributed by atoms with Gasteiger partial charge in [-0.2, -0.15) is 0 Å². The molecule has 37 heavy (non-hydrogen) atoms. The van der Waals surface area contributed by atoms with Gasteiger partial charge in [0.15, 0.2) is 0 Å². The van der Waals surface area contributed by atoms with Gasteiger partial charge >= 0.3 is 0 Å². The largest absolute Gasteiger partial charge is 0.0857 e. The first-order chi connectivity index (χ1) is 17.0. The van der Waals surface area contributed by atoms with Gasteiger partial charge < -0.3 is 0 Å². The Morgan fingerprint density at radius 1 is 0.432 bits per heavy atom. The average molecular weight is 517 g/mol. The predicted octanol–water partition coefficient (Wildman–Crippen LogP) is 13.3. The SMILES string of the molecule is CC(C)/C=C\C(C)C.CC(C)CCC(C)C.CC(C)CCCC(C)C.CC(C)c1ccccc1C(C)C. The lowest BCUT2D eigenvalue weighted by Gasteiger charge is -2.14. The van der Waals surface area contributed by atoms with Crippen LogP contribution in [0.15, 0.2) is 36.4 Å². The molecular formula is C37H72. The average Bonchev–Trinajstić information content (AvgIpc) is 2.77. The lowest BCUT2D eigenvalue weighted by Crippen LogP contribution is -1.97. The van der Waals surface area contributed by atoms with Gasteiger partial charge in [-0.1, -0.05) is 179 Å². The van der Waals surface area contributed by atoms with Gasteiger partial charge in [0.05, 0.1) is 0 Å². The van der Waals surface area contributed by atoms with Crippen LogP contribution in [0.25, 0.3) is 0 Å². The maximum Gasteiger partial charge on any atom is -0.0216 e. The zero-order valence-corrected chi connectivity index (χ0v) is 28.6. The van der Waals surface area contributed by atoms with Gasteiger partial charge in [-0.3, -0.25) is 0 Å². The lowest BCUT2D eigenvalue weighted by atomic mass is 9.91. The Labute approximate surface area is 237 Å². The van der Waals surface area contributed by atoms with Crippen LogP contribution in [0.4, 0.5) is 0 Å². The quantitative estimate of drug-likeness (QED) is 0.256. The van der Waals surface area contributed by atoms with Crippen molar-refractivity contribution in [3.63, 3.8) is 0 Å². The van der Waals surface area contributed by atoms with Gasteiger partial charge in [-0.25, -0.2) is 0 Å². The number of allylic oxidation sites excluding steroid dienone is 2. The smallest absolute Gasteiger partial charge is 0.0216 e. The van der Waals surface area contributed by atoms with E-state index in [4.69, 9.17) is 0 Å². The molecule has 0 unspecified atom stereocenters. The summed E-state index contributed by atoms with van der Waals surface area (Å²) >= 11 is 0. The van der Waals surface area contributed by atoms with E-state index >= 15 is 0 Å². The molecule has 0 saturated carbocycles. The molecule has 0 radical (unpaired) electrons. The van der Waals surface area contributed by atoms with Crippen LogP contribution in [0.5, 0.6) is 0 Å². The summed E-state index contributed by atoms with van der Waals surface area (Å²) in [5.74, 6) is 6.25. The molecule has 0 aliphatic carbocycles. The van der Waals surface area contributed by atoms with Crippen molar-refractivity contribution in [3.8, 4) is 0 Å². The maximum atomic E-state index is 2.29. The van der Waals surface area contributed by atoms with Crippen LogP contribution in [-0.4, -0.2) is 0 Å². The molecule has 0 heterocycles. The first-order valence-corrected chi connectivity index (χ1v) is 15.8. The van der Waals surface area contributed by atoms with Crippen molar-refractivity contribution in [3.05, 3.63) is 47.5 Å². The third kappa shape index (κ3) is 32.9. The van der Waals surface area contributed by atoms with Gasteiger partial charge in [-0.15, -0.1) is 0 Å².